The van der Waals surface area contributed by atoms with Crippen LogP contribution in [-0.4, -0.2) is 19.3 Å². The molecule has 0 aromatic rings. The van der Waals surface area contributed by atoms with E-state index in [-0.39, 0.29) is 0 Å². The number of nitrogens with two attached hydrogens (primary N) is 1. The average Bonchev–Trinajstić information content (AvgIpc) is 2.27. The molecular formula is C11H24N2O. The van der Waals surface area contributed by atoms with Crippen molar-refractivity contribution < 1.29 is 4.74 Å². The van der Waals surface area contributed by atoms with Crippen LogP contribution < -0.4 is 11.3 Å². The van der Waals surface area contributed by atoms with Gasteiger partial charge in [0.25, 0.3) is 0 Å². The van der Waals surface area contributed by atoms with Gasteiger partial charge in [-0.25, -0.2) is 0 Å². The first-order chi connectivity index (χ1) is 6.83. The third kappa shape index (κ3) is 2.94. The van der Waals surface area contributed by atoms with E-state index in [2.05, 4.69) is 19.3 Å². The van der Waals surface area contributed by atoms with E-state index >= 15 is 0 Å². The topological polar surface area (TPSA) is 47.3 Å². The maximum atomic E-state index is 5.66. The quantitative estimate of drug-likeness (QED) is 0.524. The summed E-state index contributed by atoms with van der Waals surface area (Å²) < 4.78 is 5.37. The number of hydrogen-bond donors (Lipinski definition) is 2. The van der Waals surface area contributed by atoms with Gasteiger partial charge >= 0.3 is 0 Å². The zero-order chi connectivity index (χ0) is 10.4. The fourth-order valence-electron chi connectivity index (χ4n) is 2.53. The second-order valence-electron chi connectivity index (χ2n) is 4.22. The zero-order valence-corrected chi connectivity index (χ0v) is 9.46. The van der Waals surface area contributed by atoms with Crippen molar-refractivity contribution in [2.75, 3.05) is 13.2 Å². The highest BCUT2D eigenvalue weighted by atomic mass is 16.5. The predicted molar refractivity (Wildman–Crippen MR) is 58.7 cm³/mol. The van der Waals surface area contributed by atoms with Crippen molar-refractivity contribution in [2.24, 2.45) is 17.7 Å². The van der Waals surface area contributed by atoms with Gasteiger partial charge in [-0.1, -0.05) is 26.7 Å². The van der Waals surface area contributed by atoms with E-state index in [1.165, 1.54) is 12.8 Å². The molecule has 1 fully saturated rings. The number of ether oxygens (including phenoxy) is 1. The molecule has 1 rings (SSSR count). The van der Waals surface area contributed by atoms with Crippen LogP contribution in [-0.2, 0) is 4.74 Å². The molecule has 0 aromatic heterocycles. The minimum absolute atomic E-state index is 0.480. The van der Waals surface area contributed by atoms with Crippen molar-refractivity contribution in [3.8, 4) is 0 Å². The summed E-state index contributed by atoms with van der Waals surface area (Å²) in [6.45, 7) is 6.31. The number of hydrogen-bond acceptors (Lipinski definition) is 3. The molecule has 1 saturated heterocycles. The highest BCUT2D eigenvalue weighted by molar-refractivity contribution is 4.81. The SMILES string of the molecule is CCC(CC)C(NN)C1CCOCC1. The van der Waals surface area contributed by atoms with Crippen LogP contribution >= 0.6 is 0 Å². The molecule has 0 aromatic carbocycles. The van der Waals surface area contributed by atoms with Crippen LogP contribution in [0.15, 0.2) is 0 Å². The Hall–Kier alpha value is -0.120. The van der Waals surface area contributed by atoms with Crippen LogP contribution in [0.5, 0.6) is 0 Å². The summed E-state index contributed by atoms with van der Waals surface area (Å²) in [5.41, 5.74) is 3.02. The fraction of sp³-hybridized carbons (Fsp3) is 1.00. The van der Waals surface area contributed by atoms with Crippen LogP contribution in [0, 0.1) is 11.8 Å². The smallest absolute Gasteiger partial charge is 0.0469 e. The second-order valence-corrected chi connectivity index (χ2v) is 4.22. The molecule has 0 bridgehead atoms. The van der Waals surface area contributed by atoms with E-state index < -0.39 is 0 Å². The molecule has 0 aliphatic carbocycles. The normalized spacial score (nSPS) is 21.4. The standard InChI is InChI=1S/C11H24N2O/c1-3-9(4-2)11(13-12)10-5-7-14-8-6-10/h9-11,13H,3-8,12H2,1-2H3. The van der Waals surface area contributed by atoms with E-state index in [1.54, 1.807) is 0 Å². The molecule has 1 unspecified atom stereocenters. The summed E-state index contributed by atoms with van der Waals surface area (Å²) in [5.74, 6) is 7.08. The number of nitrogens with one attached hydrogen (secondary N) is 1. The van der Waals surface area contributed by atoms with Crippen molar-refractivity contribution in [3.63, 3.8) is 0 Å². The lowest BCUT2D eigenvalue weighted by Gasteiger charge is -2.34. The van der Waals surface area contributed by atoms with E-state index in [0.717, 1.165) is 26.1 Å². The van der Waals surface area contributed by atoms with Gasteiger partial charge < -0.3 is 4.74 Å². The third-order valence-electron chi connectivity index (χ3n) is 3.52. The van der Waals surface area contributed by atoms with Crippen LogP contribution in [0.1, 0.15) is 39.5 Å². The Morgan fingerprint density at radius 2 is 1.86 bits per heavy atom. The van der Waals surface area contributed by atoms with E-state index in [9.17, 15) is 0 Å². The van der Waals surface area contributed by atoms with Crippen molar-refractivity contribution in [3.05, 3.63) is 0 Å². The molecule has 3 heteroatoms. The van der Waals surface area contributed by atoms with Crippen LogP contribution in [0.2, 0.25) is 0 Å². The fourth-order valence-corrected chi connectivity index (χ4v) is 2.53. The molecule has 1 atom stereocenters. The molecule has 1 heterocycles. The monoisotopic (exact) mass is 200 g/mol. The van der Waals surface area contributed by atoms with Crippen LogP contribution in [0.25, 0.3) is 0 Å². The lowest BCUT2D eigenvalue weighted by molar-refractivity contribution is 0.0435. The highest BCUT2D eigenvalue weighted by Gasteiger charge is 2.27. The third-order valence-corrected chi connectivity index (χ3v) is 3.52. The summed E-state index contributed by atoms with van der Waals surface area (Å²) in [4.78, 5) is 0. The summed E-state index contributed by atoms with van der Waals surface area (Å²) in [7, 11) is 0. The molecule has 1 aliphatic rings. The van der Waals surface area contributed by atoms with Crippen LogP contribution in [0.3, 0.4) is 0 Å². The Morgan fingerprint density at radius 3 is 2.29 bits per heavy atom. The van der Waals surface area contributed by atoms with Gasteiger partial charge in [0.1, 0.15) is 0 Å². The predicted octanol–water partition coefficient (Wildman–Crippen LogP) is 1.68. The molecule has 84 valence electrons. The summed E-state index contributed by atoms with van der Waals surface area (Å²) in [6.07, 6.45) is 4.74. The maximum Gasteiger partial charge on any atom is 0.0469 e. The van der Waals surface area contributed by atoms with Gasteiger partial charge in [0.15, 0.2) is 0 Å². The van der Waals surface area contributed by atoms with E-state index in [1.807, 2.05) is 0 Å². The minimum atomic E-state index is 0.480. The Bertz CT molecular complexity index is 142. The van der Waals surface area contributed by atoms with Gasteiger partial charge in [0.05, 0.1) is 0 Å². The average molecular weight is 200 g/mol. The molecule has 0 amide bonds. The summed E-state index contributed by atoms with van der Waals surface area (Å²) in [6, 6.07) is 0.480. The van der Waals surface area contributed by atoms with Crippen molar-refractivity contribution >= 4 is 0 Å². The first kappa shape index (κ1) is 12.0. The van der Waals surface area contributed by atoms with Gasteiger partial charge in [0.2, 0.25) is 0 Å². The van der Waals surface area contributed by atoms with Crippen molar-refractivity contribution in [1.82, 2.24) is 5.43 Å². The first-order valence-corrected chi connectivity index (χ1v) is 5.87. The summed E-state index contributed by atoms with van der Waals surface area (Å²) in [5, 5.41) is 0. The van der Waals surface area contributed by atoms with Gasteiger partial charge in [-0.2, -0.15) is 0 Å². The lowest BCUT2D eigenvalue weighted by atomic mass is 9.81. The molecule has 3 N–H and O–H groups in total. The van der Waals surface area contributed by atoms with E-state index in [0.29, 0.717) is 17.9 Å². The van der Waals surface area contributed by atoms with Gasteiger partial charge in [-0.05, 0) is 24.7 Å². The molecule has 14 heavy (non-hydrogen) atoms. The number of hydrazine groups is 1. The lowest BCUT2D eigenvalue weighted by Crippen LogP contribution is -2.47. The maximum absolute atomic E-state index is 5.66. The van der Waals surface area contributed by atoms with Crippen molar-refractivity contribution in [1.29, 1.82) is 0 Å². The van der Waals surface area contributed by atoms with Crippen LogP contribution in [0.4, 0.5) is 0 Å². The molecule has 0 saturated carbocycles. The van der Waals surface area contributed by atoms with Crippen molar-refractivity contribution in [2.45, 2.75) is 45.6 Å². The molecule has 1 aliphatic heterocycles. The van der Waals surface area contributed by atoms with Gasteiger partial charge in [0, 0.05) is 19.3 Å². The Labute approximate surface area is 87.4 Å². The molecular weight excluding hydrogens is 176 g/mol. The van der Waals surface area contributed by atoms with Gasteiger partial charge in [-0.15, -0.1) is 0 Å². The Balaban J connectivity index is 2.49. The second kappa shape index (κ2) is 6.38. The zero-order valence-electron chi connectivity index (χ0n) is 9.46. The minimum Gasteiger partial charge on any atom is -0.381 e. The molecule has 0 spiro atoms. The Kier molecular flexibility index (Phi) is 5.45. The molecule has 3 nitrogen and oxygen atoms in total. The first-order valence-electron chi connectivity index (χ1n) is 5.87. The Morgan fingerprint density at radius 1 is 1.29 bits per heavy atom. The number of rotatable bonds is 5. The summed E-state index contributed by atoms with van der Waals surface area (Å²) >= 11 is 0. The highest BCUT2D eigenvalue weighted by Crippen LogP contribution is 2.26. The molecule has 0 radical (unpaired) electrons. The van der Waals surface area contributed by atoms with Gasteiger partial charge in [-0.3, -0.25) is 11.3 Å². The van der Waals surface area contributed by atoms with E-state index in [4.69, 9.17) is 10.6 Å². The largest absolute Gasteiger partial charge is 0.381 e.